The Kier molecular flexibility index (Phi) is 6.13. The summed E-state index contributed by atoms with van der Waals surface area (Å²) in [5.41, 5.74) is 0. The predicted octanol–water partition coefficient (Wildman–Crippen LogP) is 0.742. The highest BCUT2D eigenvalue weighted by molar-refractivity contribution is 5.35. The smallest absolute Gasteiger partial charge is 0.323 e. The van der Waals surface area contributed by atoms with Crippen LogP contribution >= 0.6 is 0 Å². The summed E-state index contributed by atoms with van der Waals surface area (Å²) in [5, 5.41) is 15.0. The van der Waals surface area contributed by atoms with Crippen LogP contribution in [0.4, 0.5) is 11.9 Å². The van der Waals surface area contributed by atoms with Crippen molar-refractivity contribution in [2.75, 3.05) is 36.9 Å². The largest absolute Gasteiger partial charge is 0.464 e. The highest BCUT2D eigenvalue weighted by atomic mass is 16.5. The summed E-state index contributed by atoms with van der Waals surface area (Å²) in [7, 11) is 0. The first-order chi connectivity index (χ1) is 8.69. The first kappa shape index (κ1) is 14.4. The highest BCUT2D eigenvalue weighted by Crippen LogP contribution is 2.11. The van der Waals surface area contributed by atoms with Gasteiger partial charge in [0.2, 0.25) is 11.9 Å². The number of aromatic nitrogens is 3. The summed E-state index contributed by atoms with van der Waals surface area (Å²) in [6.45, 7) is 7.71. The van der Waals surface area contributed by atoms with E-state index in [-0.39, 0.29) is 12.5 Å². The van der Waals surface area contributed by atoms with E-state index in [0.29, 0.717) is 31.1 Å². The molecule has 0 aliphatic heterocycles. The Bertz CT molecular complexity index is 337. The van der Waals surface area contributed by atoms with Crippen molar-refractivity contribution in [3.63, 3.8) is 0 Å². The topological polar surface area (TPSA) is 92.2 Å². The Morgan fingerprint density at radius 1 is 1.17 bits per heavy atom. The third-order valence-electron chi connectivity index (χ3n) is 2.14. The van der Waals surface area contributed by atoms with Crippen molar-refractivity contribution in [2.45, 2.75) is 20.8 Å². The number of rotatable bonds is 8. The van der Waals surface area contributed by atoms with Crippen molar-refractivity contribution >= 4 is 11.9 Å². The number of hydrogen-bond acceptors (Lipinski definition) is 7. The number of aliphatic hydroxyl groups excluding tert-OH is 1. The number of hydrogen-bond donors (Lipinski definition) is 3. The Morgan fingerprint density at radius 3 is 2.39 bits per heavy atom. The van der Waals surface area contributed by atoms with Crippen LogP contribution in [0.3, 0.4) is 0 Å². The van der Waals surface area contributed by atoms with Crippen LogP contribution in [0.15, 0.2) is 0 Å². The quantitative estimate of drug-likeness (QED) is 0.631. The van der Waals surface area contributed by atoms with Gasteiger partial charge in [-0.05, 0) is 19.8 Å². The maximum atomic E-state index is 8.96. The van der Waals surface area contributed by atoms with Crippen LogP contribution in [0, 0.1) is 5.92 Å². The van der Waals surface area contributed by atoms with Crippen LogP contribution in [0.1, 0.15) is 20.8 Å². The minimum Gasteiger partial charge on any atom is -0.464 e. The molecule has 1 aromatic rings. The van der Waals surface area contributed by atoms with Crippen LogP contribution in [0.2, 0.25) is 0 Å². The zero-order valence-corrected chi connectivity index (χ0v) is 11.1. The third-order valence-corrected chi connectivity index (χ3v) is 2.14. The molecule has 0 aliphatic rings. The summed E-state index contributed by atoms with van der Waals surface area (Å²) in [6.07, 6.45) is 0. The summed E-state index contributed by atoms with van der Waals surface area (Å²) < 4.78 is 5.28. The predicted molar refractivity (Wildman–Crippen MR) is 69.9 cm³/mol. The van der Waals surface area contributed by atoms with Gasteiger partial charge < -0.3 is 20.5 Å². The highest BCUT2D eigenvalue weighted by Gasteiger charge is 2.07. The first-order valence-electron chi connectivity index (χ1n) is 6.17. The van der Waals surface area contributed by atoms with E-state index in [1.807, 2.05) is 20.8 Å². The van der Waals surface area contributed by atoms with Gasteiger partial charge in [0.15, 0.2) is 0 Å². The minimum atomic E-state index is 0.121. The molecular formula is C11H21N5O2. The van der Waals surface area contributed by atoms with Crippen LogP contribution in [0.25, 0.3) is 0 Å². The third kappa shape index (κ3) is 4.70. The molecule has 7 nitrogen and oxygen atoms in total. The molecule has 18 heavy (non-hydrogen) atoms. The van der Waals surface area contributed by atoms with Gasteiger partial charge in [-0.2, -0.15) is 15.0 Å². The maximum absolute atomic E-state index is 8.96. The molecule has 0 saturated heterocycles. The molecule has 3 N–H and O–H groups in total. The first-order valence-corrected chi connectivity index (χ1v) is 6.17. The Morgan fingerprint density at radius 2 is 1.83 bits per heavy atom. The molecule has 0 spiro atoms. The van der Waals surface area contributed by atoms with Crippen molar-refractivity contribution < 1.29 is 9.84 Å². The monoisotopic (exact) mass is 255 g/mol. The van der Waals surface area contributed by atoms with Crippen molar-refractivity contribution in [3.8, 4) is 6.01 Å². The van der Waals surface area contributed by atoms with E-state index in [9.17, 15) is 0 Å². The van der Waals surface area contributed by atoms with Crippen molar-refractivity contribution in [2.24, 2.45) is 5.92 Å². The van der Waals surface area contributed by atoms with E-state index in [4.69, 9.17) is 9.84 Å². The van der Waals surface area contributed by atoms with E-state index in [0.717, 1.165) is 6.54 Å². The molecule has 1 heterocycles. The second kappa shape index (κ2) is 7.65. The van der Waals surface area contributed by atoms with E-state index in [2.05, 4.69) is 25.6 Å². The Labute approximate surface area is 107 Å². The molecule has 0 aliphatic carbocycles. The Hall–Kier alpha value is -1.63. The zero-order valence-electron chi connectivity index (χ0n) is 11.1. The van der Waals surface area contributed by atoms with Crippen LogP contribution in [0.5, 0.6) is 6.01 Å². The van der Waals surface area contributed by atoms with Gasteiger partial charge in [-0.25, -0.2) is 0 Å². The molecule has 1 unspecified atom stereocenters. The normalized spacial score (nSPS) is 12.0. The zero-order chi connectivity index (χ0) is 13.4. The summed E-state index contributed by atoms with van der Waals surface area (Å²) >= 11 is 0. The molecule has 7 heteroatoms. The average molecular weight is 255 g/mol. The number of ether oxygens (including phenoxy) is 1. The summed E-state index contributed by atoms with van der Waals surface area (Å²) in [5.74, 6) is 1.07. The van der Waals surface area contributed by atoms with Gasteiger partial charge in [-0.3, -0.25) is 0 Å². The molecule has 1 atom stereocenters. The molecule has 1 rings (SSSR count). The molecule has 1 aromatic heterocycles. The Balaban J connectivity index is 2.75. The van der Waals surface area contributed by atoms with Crippen molar-refractivity contribution in [1.82, 2.24) is 15.0 Å². The standard InChI is InChI=1S/C11H21N5O2/c1-4-12-9-14-10(13-6-8(3)7-17)16-11(15-9)18-5-2/h8,17H,4-7H2,1-3H3,(H2,12,13,14,15,16). The van der Waals surface area contributed by atoms with E-state index in [1.54, 1.807) is 0 Å². The number of anilines is 2. The molecule has 0 amide bonds. The average Bonchev–Trinajstić information content (AvgIpc) is 2.36. The maximum Gasteiger partial charge on any atom is 0.323 e. The molecule has 0 aromatic carbocycles. The lowest BCUT2D eigenvalue weighted by atomic mass is 10.2. The lowest BCUT2D eigenvalue weighted by Gasteiger charge is -2.11. The number of nitrogens with one attached hydrogen (secondary N) is 2. The van der Waals surface area contributed by atoms with Gasteiger partial charge >= 0.3 is 6.01 Å². The summed E-state index contributed by atoms with van der Waals surface area (Å²) in [6, 6.07) is 0.294. The molecule has 0 radical (unpaired) electrons. The lowest BCUT2D eigenvalue weighted by Crippen LogP contribution is -2.17. The van der Waals surface area contributed by atoms with Crippen LogP contribution in [-0.2, 0) is 0 Å². The van der Waals surface area contributed by atoms with E-state index in [1.165, 1.54) is 0 Å². The SMILES string of the molecule is CCNc1nc(NCC(C)CO)nc(OCC)n1. The summed E-state index contributed by atoms with van der Waals surface area (Å²) in [4.78, 5) is 12.5. The molecule has 0 bridgehead atoms. The van der Waals surface area contributed by atoms with E-state index < -0.39 is 0 Å². The van der Waals surface area contributed by atoms with Gasteiger partial charge in [0.05, 0.1) is 6.61 Å². The fourth-order valence-corrected chi connectivity index (χ4v) is 1.20. The van der Waals surface area contributed by atoms with E-state index >= 15 is 0 Å². The van der Waals surface area contributed by atoms with Gasteiger partial charge in [0.25, 0.3) is 0 Å². The molecule has 0 fully saturated rings. The van der Waals surface area contributed by atoms with Crippen LogP contribution < -0.4 is 15.4 Å². The molecule has 0 saturated carbocycles. The minimum absolute atomic E-state index is 0.121. The second-order valence-corrected chi connectivity index (χ2v) is 3.90. The number of nitrogens with zero attached hydrogens (tertiary/aromatic N) is 3. The molecule has 102 valence electrons. The fraction of sp³-hybridized carbons (Fsp3) is 0.727. The van der Waals surface area contributed by atoms with Crippen molar-refractivity contribution in [3.05, 3.63) is 0 Å². The fourth-order valence-electron chi connectivity index (χ4n) is 1.20. The van der Waals surface area contributed by atoms with Crippen LogP contribution in [-0.4, -0.2) is 46.4 Å². The van der Waals surface area contributed by atoms with Gasteiger partial charge in [-0.1, -0.05) is 6.92 Å². The van der Waals surface area contributed by atoms with Gasteiger partial charge in [0, 0.05) is 19.7 Å². The van der Waals surface area contributed by atoms with Gasteiger partial charge in [0.1, 0.15) is 0 Å². The number of aliphatic hydroxyl groups is 1. The second-order valence-electron chi connectivity index (χ2n) is 3.90. The van der Waals surface area contributed by atoms with Crippen molar-refractivity contribution in [1.29, 1.82) is 0 Å². The molecular weight excluding hydrogens is 234 g/mol. The van der Waals surface area contributed by atoms with Gasteiger partial charge in [-0.15, -0.1) is 0 Å². The lowest BCUT2D eigenvalue weighted by molar-refractivity contribution is 0.244.